The number of hydrogen-bond acceptors (Lipinski definition) is 2. The number of nitrogens with one attached hydrogen (secondary N) is 1. The van der Waals surface area contributed by atoms with Crippen molar-refractivity contribution in [2.75, 3.05) is 11.9 Å². The zero-order valence-corrected chi connectivity index (χ0v) is 9.76. The summed E-state index contributed by atoms with van der Waals surface area (Å²) in [4.78, 5) is 10.7. The molecule has 1 rings (SSSR count). The van der Waals surface area contributed by atoms with Crippen molar-refractivity contribution in [3.8, 4) is 0 Å². The summed E-state index contributed by atoms with van der Waals surface area (Å²) in [5.41, 5.74) is -0.512. The molecule has 0 aromatic heterocycles. The first-order valence-electron chi connectivity index (χ1n) is 5.41. The minimum Gasteiger partial charge on any atom is -0.478 e. The molecule has 5 heteroatoms. The smallest absolute Gasteiger partial charge is 0.338 e. The monoisotopic (exact) mass is 243 g/mol. The third-order valence-electron chi connectivity index (χ3n) is 2.63. The number of halogens is 2. The van der Waals surface area contributed by atoms with Gasteiger partial charge in [-0.25, -0.2) is 13.6 Å². The van der Waals surface area contributed by atoms with Gasteiger partial charge in [-0.05, 0) is 12.0 Å². The summed E-state index contributed by atoms with van der Waals surface area (Å²) in [7, 11) is 0. The second-order valence-electron chi connectivity index (χ2n) is 4.01. The molecule has 1 aromatic rings. The van der Waals surface area contributed by atoms with Crippen LogP contribution in [0.2, 0.25) is 0 Å². The SMILES string of the molecule is CCC(C)CNc1cc(C(=O)O)c(F)cc1F. The Bertz CT molecular complexity index is 421. The van der Waals surface area contributed by atoms with E-state index < -0.39 is 23.2 Å². The van der Waals surface area contributed by atoms with Crippen molar-refractivity contribution in [1.29, 1.82) is 0 Å². The highest BCUT2D eigenvalue weighted by molar-refractivity contribution is 5.89. The molecule has 3 nitrogen and oxygen atoms in total. The maximum Gasteiger partial charge on any atom is 0.338 e. The van der Waals surface area contributed by atoms with Crippen LogP contribution in [-0.4, -0.2) is 17.6 Å². The summed E-state index contributed by atoms with van der Waals surface area (Å²) >= 11 is 0. The van der Waals surface area contributed by atoms with E-state index in [-0.39, 0.29) is 5.69 Å². The number of benzene rings is 1. The van der Waals surface area contributed by atoms with Gasteiger partial charge >= 0.3 is 5.97 Å². The van der Waals surface area contributed by atoms with E-state index in [4.69, 9.17) is 5.11 Å². The van der Waals surface area contributed by atoms with E-state index in [1.54, 1.807) is 0 Å². The van der Waals surface area contributed by atoms with Crippen molar-refractivity contribution in [3.05, 3.63) is 29.3 Å². The van der Waals surface area contributed by atoms with E-state index in [1.807, 2.05) is 13.8 Å². The molecule has 2 N–H and O–H groups in total. The number of rotatable bonds is 5. The largest absolute Gasteiger partial charge is 0.478 e. The number of aromatic carboxylic acids is 1. The van der Waals surface area contributed by atoms with Crippen molar-refractivity contribution in [3.63, 3.8) is 0 Å². The van der Waals surface area contributed by atoms with Crippen LogP contribution in [0.15, 0.2) is 12.1 Å². The van der Waals surface area contributed by atoms with Crippen LogP contribution >= 0.6 is 0 Å². The van der Waals surface area contributed by atoms with Gasteiger partial charge < -0.3 is 10.4 Å². The molecule has 0 heterocycles. The van der Waals surface area contributed by atoms with Crippen LogP contribution in [0.3, 0.4) is 0 Å². The average molecular weight is 243 g/mol. The van der Waals surface area contributed by atoms with E-state index in [9.17, 15) is 13.6 Å². The van der Waals surface area contributed by atoms with Crippen molar-refractivity contribution >= 4 is 11.7 Å². The van der Waals surface area contributed by atoms with Crippen molar-refractivity contribution < 1.29 is 18.7 Å². The second kappa shape index (κ2) is 5.61. The molecule has 0 aliphatic rings. The predicted octanol–water partition coefficient (Wildman–Crippen LogP) is 3.12. The Balaban J connectivity index is 2.92. The number of carboxylic acid groups (broad SMARTS) is 1. The Morgan fingerprint density at radius 2 is 2.06 bits per heavy atom. The highest BCUT2D eigenvalue weighted by Crippen LogP contribution is 2.20. The summed E-state index contributed by atoms with van der Waals surface area (Å²) in [6.45, 7) is 4.49. The fourth-order valence-electron chi connectivity index (χ4n) is 1.28. The third kappa shape index (κ3) is 3.41. The van der Waals surface area contributed by atoms with Crippen molar-refractivity contribution in [2.24, 2.45) is 5.92 Å². The number of hydrogen-bond donors (Lipinski definition) is 2. The Labute approximate surface area is 98.5 Å². The van der Waals surface area contributed by atoms with Gasteiger partial charge in [-0.1, -0.05) is 20.3 Å². The van der Waals surface area contributed by atoms with Gasteiger partial charge in [0.25, 0.3) is 0 Å². The first-order valence-corrected chi connectivity index (χ1v) is 5.41. The zero-order valence-electron chi connectivity index (χ0n) is 9.76. The molecule has 0 saturated heterocycles. The van der Waals surface area contributed by atoms with Crippen LogP contribution < -0.4 is 5.32 Å². The zero-order chi connectivity index (χ0) is 13.0. The molecule has 0 spiro atoms. The molecule has 0 aliphatic heterocycles. The molecule has 17 heavy (non-hydrogen) atoms. The van der Waals surface area contributed by atoms with Gasteiger partial charge in [0, 0.05) is 12.6 Å². The molecule has 0 amide bonds. The summed E-state index contributed by atoms with van der Waals surface area (Å²) in [5, 5.41) is 11.5. The molecule has 1 atom stereocenters. The lowest BCUT2D eigenvalue weighted by Gasteiger charge is -2.12. The lowest BCUT2D eigenvalue weighted by Crippen LogP contribution is -2.12. The quantitative estimate of drug-likeness (QED) is 0.835. The van der Waals surface area contributed by atoms with Crippen molar-refractivity contribution in [1.82, 2.24) is 0 Å². The summed E-state index contributed by atoms with van der Waals surface area (Å²) < 4.78 is 26.5. The molecule has 94 valence electrons. The van der Waals surface area contributed by atoms with Crippen molar-refractivity contribution in [2.45, 2.75) is 20.3 Å². The maximum absolute atomic E-state index is 13.4. The van der Waals surface area contributed by atoms with Gasteiger partial charge in [-0.15, -0.1) is 0 Å². The van der Waals surface area contributed by atoms with Crippen LogP contribution in [0.25, 0.3) is 0 Å². The maximum atomic E-state index is 13.4. The van der Waals surface area contributed by atoms with Crippen LogP contribution in [0, 0.1) is 17.6 Å². The van der Waals surface area contributed by atoms with Crippen LogP contribution in [0.1, 0.15) is 30.6 Å². The third-order valence-corrected chi connectivity index (χ3v) is 2.63. The lowest BCUT2D eigenvalue weighted by atomic mass is 10.1. The number of carboxylic acids is 1. The minimum absolute atomic E-state index is 0.0177. The van der Waals surface area contributed by atoms with Gasteiger partial charge in [0.2, 0.25) is 0 Å². The van der Waals surface area contributed by atoms with E-state index in [2.05, 4.69) is 5.32 Å². The first-order chi connectivity index (χ1) is 7.95. The number of anilines is 1. The molecular formula is C12H15F2NO2. The average Bonchev–Trinajstić information content (AvgIpc) is 2.26. The van der Waals surface area contributed by atoms with E-state index in [0.717, 1.165) is 12.5 Å². The summed E-state index contributed by atoms with van der Waals surface area (Å²) in [6, 6.07) is 1.57. The van der Waals surface area contributed by atoms with Gasteiger partial charge in [0.15, 0.2) is 0 Å². The summed E-state index contributed by atoms with van der Waals surface area (Å²) in [6.07, 6.45) is 0.918. The Morgan fingerprint density at radius 1 is 1.41 bits per heavy atom. The van der Waals surface area contributed by atoms with Gasteiger partial charge in [0.05, 0.1) is 11.3 Å². The Hall–Kier alpha value is -1.65. The fraction of sp³-hybridized carbons (Fsp3) is 0.417. The van der Waals surface area contributed by atoms with E-state index in [1.165, 1.54) is 0 Å². The minimum atomic E-state index is -1.41. The van der Waals surface area contributed by atoms with Crippen LogP contribution in [0.5, 0.6) is 0 Å². The predicted molar refractivity (Wildman–Crippen MR) is 61.3 cm³/mol. The van der Waals surface area contributed by atoms with Gasteiger partial charge in [-0.2, -0.15) is 0 Å². The van der Waals surface area contributed by atoms with Crippen LogP contribution in [0.4, 0.5) is 14.5 Å². The summed E-state index contributed by atoms with van der Waals surface area (Å²) in [5.74, 6) is -2.93. The lowest BCUT2D eigenvalue weighted by molar-refractivity contribution is 0.0692. The number of carbonyl (C=O) groups is 1. The molecule has 0 saturated carbocycles. The highest BCUT2D eigenvalue weighted by atomic mass is 19.1. The standard InChI is InChI=1S/C12H15F2NO2/c1-3-7(2)6-15-11-4-8(12(16)17)9(13)5-10(11)14/h4-5,7,15H,3,6H2,1-2H3,(H,16,17). The Kier molecular flexibility index (Phi) is 4.43. The highest BCUT2D eigenvalue weighted by Gasteiger charge is 2.15. The second-order valence-corrected chi connectivity index (χ2v) is 4.01. The van der Waals surface area contributed by atoms with E-state index in [0.29, 0.717) is 18.5 Å². The fourth-order valence-corrected chi connectivity index (χ4v) is 1.28. The molecule has 0 radical (unpaired) electrons. The molecule has 0 bridgehead atoms. The van der Waals surface area contributed by atoms with E-state index >= 15 is 0 Å². The van der Waals surface area contributed by atoms with Gasteiger partial charge in [0.1, 0.15) is 11.6 Å². The molecule has 1 unspecified atom stereocenters. The molecule has 0 aliphatic carbocycles. The first kappa shape index (κ1) is 13.4. The van der Waals surface area contributed by atoms with Crippen LogP contribution in [-0.2, 0) is 0 Å². The Morgan fingerprint density at radius 3 is 2.59 bits per heavy atom. The molecule has 0 fully saturated rings. The molecule has 1 aromatic carbocycles. The van der Waals surface area contributed by atoms with Gasteiger partial charge in [-0.3, -0.25) is 0 Å². The normalized spacial score (nSPS) is 12.2. The molecular weight excluding hydrogens is 228 g/mol. The topological polar surface area (TPSA) is 49.3 Å².